The van der Waals surface area contributed by atoms with Crippen molar-refractivity contribution in [1.82, 2.24) is 0 Å². The summed E-state index contributed by atoms with van der Waals surface area (Å²) < 4.78 is 16.2. The van der Waals surface area contributed by atoms with Gasteiger partial charge in [0.05, 0.1) is 23.6 Å². The number of hydrogen-bond acceptors (Lipinski definition) is 7. The minimum Gasteiger partial charge on any atom is -0.489 e. The number of benzene rings is 3. The smallest absolute Gasteiger partial charge is 0.488 e. The van der Waals surface area contributed by atoms with Crippen LogP contribution >= 0.6 is 0 Å². The SMILES string of the molecule is COC(=O)c1cccc(COc2ccc3c(=O)c(-c4ccc(B(O)O)cc4)coc3c2)c1. The third-order valence-corrected chi connectivity index (χ3v) is 5.02. The summed E-state index contributed by atoms with van der Waals surface area (Å²) in [6, 6.07) is 18.2. The van der Waals surface area contributed by atoms with Crippen LogP contribution in [0.15, 0.2) is 82.2 Å². The normalized spacial score (nSPS) is 10.7. The predicted octanol–water partition coefficient (Wildman–Crippen LogP) is 2.51. The van der Waals surface area contributed by atoms with Crippen LogP contribution in [-0.2, 0) is 11.3 Å². The summed E-state index contributed by atoms with van der Waals surface area (Å²) in [6.07, 6.45) is 1.37. The summed E-state index contributed by atoms with van der Waals surface area (Å²) >= 11 is 0. The number of rotatable bonds is 6. The fourth-order valence-corrected chi connectivity index (χ4v) is 3.31. The molecule has 0 saturated heterocycles. The molecule has 32 heavy (non-hydrogen) atoms. The van der Waals surface area contributed by atoms with Gasteiger partial charge in [0.15, 0.2) is 5.43 Å². The van der Waals surface area contributed by atoms with Crippen molar-refractivity contribution in [1.29, 1.82) is 0 Å². The van der Waals surface area contributed by atoms with Gasteiger partial charge in [0.25, 0.3) is 0 Å². The van der Waals surface area contributed by atoms with E-state index in [1.54, 1.807) is 48.5 Å². The van der Waals surface area contributed by atoms with E-state index in [4.69, 9.17) is 13.9 Å². The molecular weight excluding hydrogens is 411 g/mol. The monoisotopic (exact) mass is 430 g/mol. The lowest BCUT2D eigenvalue weighted by Gasteiger charge is -2.09. The molecule has 7 nitrogen and oxygen atoms in total. The van der Waals surface area contributed by atoms with Crippen molar-refractivity contribution in [3.05, 3.63) is 94.3 Å². The number of esters is 1. The molecule has 160 valence electrons. The van der Waals surface area contributed by atoms with Crippen molar-refractivity contribution in [2.45, 2.75) is 6.61 Å². The van der Waals surface area contributed by atoms with Crippen molar-refractivity contribution < 1.29 is 28.7 Å². The Kier molecular flexibility index (Phi) is 6.07. The van der Waals surface area contributed by atoms with E-state index in [2.05, 4.69) is 0 Å². The highest BCUT2D eigenvalue weighted by Crippen LogP contribution is 2.23. The van der Waals surface area contributed by atoms with Crippen LogP contribution in [0.2, 0.25) is 0 Å². The zero-order chi connectivity index (χ0) is 22.7. The fourth-order valence-electron chi connectivity index (χ4n) is 3.31. The third kappa shape index (κ3) is 4.41. The lowest BCUT2D eigenvalue weighted by Crippen LogP contribution is -2.29. The molecule has 2 N–H and O–H groups in total. The molecule has 4 rings (SSSR count). The van der Waals surface area contributed by atoms with Gasteiger partial charge in [-0.05, 0) is 40.9 Å². The molecule has 0 spiro atoms. The molecule has 3 aromatic carbocycles. The molecule has 4 aromatic rings. The molecule has 0 aliphatic heterocycles. The van der Waals surface area contributed by atoms with Crippen LogP contribution in [-0.4, -0.2) is 30.2 Å². The van der Waals surface area contributed by atoms with E-state index >= 15 is 0 Å². The topological polar surface area (TPSA) is 106 Å². The molecular formula is C24H19BO7. The van der Waals surface area contributed by atoms with Crippen LogP contribution in [0.25, 0.3) is 22.1 Å². The minimum absolute atomic E-state index is 0.208. The lowest BCUT2D eigenvalue weighted by atomic mass is 9.80. The largest absolute Gasteiger partial charge is 0.489 e. The van der Waals surface area contributed by atoms with Gasteiger partial charge in [-0.3, -0.25) is 4.79 Å². The summed E-state index contributed by atoms with van der Waals surface area (Å²) in [7, 11) is -0.243. The van der Waals surface area contributed by atoms with Crippen LogP contribution in [0.3, 0.4) is 0 Å². The summed E-state index contributed by atoms with van der Waals surface area (Å²) in [5.74, 6) is 0.0930. The van der Waals surface area contributed by atoms with Gasteiger partial charge in [0.1, 0.15) is 24.2 Å². The van der Waals surface area contributed by atoms with Gasteiger partial charge >= 0.3 is 13.1 Å². The van der Waals surface area contributed by atoms with Gasteiger partial charge in [0.2, 0.25) is 0 Å². The molecule has 0 bridgehead atoms. The highest BCUT2D eigenvalue weighted by atomic mass is 16.5. The van der Waals surface area contributed by atoms with Crippen molar-refractivity contribution >= 4 is 29.5 Å². The Morgan fingerprint density at radius 1 is 1.03 bits per heavy atom. The molecule has 1 aromatic heterocycles. The maximum absolute atomic E-state index is 12.9. The second-order valence-corrected chi connectivity index (χ2v) is 7.11. The second kappa shape index (κ2) is 9.09. The molecule has 0 atom stereocenters. The number of methoxy groups -OCH3 is 1. The zero-order valence-electron chi connectivity index (χ0n) is 17.1. The van der Waals surface area contributed by atoms with Crippen LogP contribution in [0.4, 0.5) is 0 Å². The molecule has 0 saturated carbocycles. The van der Waals surface area contributed by atoms with Gasteiger partial charge < -0.3 is 23.9 Å². The maximum atomic E-state index is 12.9. The number of hydrogen-bond donors (Lipinski definition) is 2. The number of ether oxygens (including phenoxy) is 2. The van der Waals surface area contributed by atoms with Crippen molar-refractivity contribution in [3.63, 3.8) is 0 Å². The van der Waals surface area contributed by atoms with E-state index in [1.165, 1.54) is 25.5 Å². The lowest BCUT2D eigenvalue weighted by molar-refractivity contribution is 0.0600. The van der Waals surface area contributed by atoms with E-state index in [0.717, 1.165) is 5.56 Å². The first-order valence-corrected chi connectivity index (χ1v) is 9.78. The standard InChI is InChI=1S/C24H19BO7/c1-30-24(27)17-4-2-3-15(11-17)13-31-19-9-10-20-22(12-19)32-14-21(23(20)26)16-5-7-18(8-6-16)25(28)29/h2-12,14,28-29H,13H2,1H3. The van der Waals surface area contributed by atoms with E-state index in [9.17, 15) is 19.6 Å². The van der Waals surface area contributed by atoms with Crippen molar-refractivity contribution in [3.8, 4) is 16.9 Å². The van der Waals surface area contributed by atoms with Crippen LogP contribution in [0.1, 0.15) is 15.9 Å². The predicted molar refractivity (Wildman–Crippen MR) is 120 cm³/mol. The molecule has 0 fully saturated rings. The van der Waals surface area contributed by atoms with E-state index < -0.39 is 13.1 Å². The number of fused-ring (bicyclic) bond motifs is 1. The Morgan fingerprint density at radius 2 is 1.81 bits per heavy atom. The minimum atomic E-state index is -1.57. The highest BCUT2D eigenvalue weighted by molar-refractivity contribution is 6.58. The Hall–Kier alpha value is -3.88. The maximum Gasteiger partial charge on any atom is 0.488 e. The average Bonchev–Trinajstić information content (AvgIpc) is 2.82. The summed E-state index contributed by atoms with van der Waals surface area (Å²) in [5.41, 5.74) is 2.70. The first kappa shape index (κ1) is 21.4. The van der Waals surface area contributed by atoms with Crippen LogP contribution in [0, 0.1) is 0 Å². The molecule has 1 heterocycles. The Labute approximate surface area is 183 Å². The number of carbonyl (C=O) groups excluding carboxylic acids is 1. The number of carbonyl (C=O) groups is 1. The molecule has 0 radical (unpaired) electrons. The molecule has 0 aliphatic rings. The molecule has 0 aliphatic carbocycles. The Bertz CT molecular complexity index is 1330. The van der Waals surface area contributed by atoms with Gasteiger partial charge in [-0.2, -0.15) is 0 Å². The van der Waals surface area contributed by atoms with Crippen molar-refractivity contribution in [2.75, 3.05) is 7.11 Å². The molecule has 0 amide bonds. The molecule has 0 unspecified atom stereocenters. The van der Waals surface area contributed by atoms with Crippen LogP contribution < -0.4 is 15.6 Å². The van der Waals surface area contributed by atoms with Crippen LogP contribution in [0.5, 0.6) is 5.75 Å². The first-order chi connectivity index (χ1) is 15.5. The van der Waals surface area contributed by atoms with E-state index in [0.29, 0.717) is 38.9 Å². The summed E-state index contributed by atoms with van der Waals surface area (Å²) in [6.45, 7) is 0.224. The van der Waals surface area contributed by atoms with E-state index in [-0.39, 0.29) is 12.0 Å². The molecule has 8 heteroatoms. The van der Waals surface area contributed by atoms with Gasteiger partial charge in [0, 0.05) is 6.07 Å². The average molecular weight is 430 g/mol. The second-order valence-electron chi connectivity index (χ2n) is 7.11. The quantitative estimate of drug-likeness (QED) is 0.358. The van der Waals surface area contributed by atoms with Gasteiger partial charge in [-0.15, -0.1) is 0 Å². The van der Waals surface area contributed by atoms with Gasteiger partial charge in [-0.25, -0.2) is 4.79 Å². The fraction of sp³-hybridized carbons (Fsp3) is 0.0833. The van der Waals surface area contributed by atoms with E-state index in [1.807, 2.05) is 6.07 Å². The van der Waals surface area contributed by atoms with Gasteiger partial charge in [-0.1, -0.05) is 36.4 Å². The summed E-state index contributed by atoms with van der Waals surface area (Å²) in [5, 5.41) is 18.8. The Balaban J connectivity index is 1.56. The zero-order valence-corrected chi connectivity index (χ0v) is 17.1. The van der Waals surface area contributed by atoms with Crippen molar-refractivity contribution in [2.24, 2.45) is 0 Å². The Morgan fingerprint density at radius 3 is 2.53 bits per heavy atom. The summed E-state index contributed by atoms with van der Waals surface area (Å²) in [4.78, 5) is 24.6. The first-order valence-electron chi connectivity index (χ1n) is 9.78. The highest BCUT2D eigenvalue weighted by Gasteiger charge is 2.13. The third-order valence-electron chi connectivity index (χ3n) is 5.02.